The van der Waals surface area contributed by atoms with Crippen molar-refractivity contribution in [1.29, 1.82) is 0 Å². The second-order valence-corrected chi connectivity index (χ2v) is 10.1. The molecule has 0 aliphatic carbocycles. The second kappa shape index (κ2) is 10.5. The highest BCUT2D eigenvalue weighted by atomic mass is 32.2. The van der Waals surface area contributed by atoms with Gasteiger partial charge in [-0.25, -0.2) is 8.42 Å². The van der Waals surface area contributed by atoms with Gasteiger partial charge in [-0.05, 0) is 41.8 Å². The fourth-order valence-corrected chi connectivity index (χ4v) is 5.43. The number of thioether (sulfide) groups is 1. The number of rotatable bonds is 9. The van der Waals surface area contributed by atoms with Crippen molar-refractivity contribution in [2.24, 2.45) is 0 Å². The third-order valence-electron chi connectivity index (χ3n) is 5.07. The molecule has 1 amide bonds. The zero-order chi connectivity index (χ0) is 23.3. The lowest BCUT2D eigenvalue weighted by Crippen LogP contribution is -2.40. The number of nitrogens with zero attached hydrogens (tertiary/aromatic N) is 1. The van der Waals surface area contributed by atoms with Crippen LogP contribution in [0.5, 0.6) is 11.5 Å². The van der Waals surface area contributed by atoms with E-state index >= 15 is 0 Å². The van der Waals surface area contributed by atoms with Gasteiger partial charge in [-0.1, -0.05) is 23.9 Å². The number of fused-ring (bicyclic) bond motifs is 1. The molecule has 0 unspecified atom stereocenters. The number of carbonyl (C=O) groups excluding carboxylic acids is 1. The highest BCUT2D eigenvalue weighted by molar-refractivity contribution is 7.99. The molecule has 0 radical (unpaired) electrons. The number of methoxy groups -OCH3 is 2. The summed E-state index contributed by atoms with van der Waals surface area (Å²) in [5.41, 5.74) is 1.91. The number of benzene rings is 2. The highest BCUT2D eigenvalue weighted by Crippen LogP contribution is 2.34. The summed E-state index contributed by atoms with van der Waals surface area (Å²) in [6.07, 6.45) is 0.527. The van der Waals surface area contributed by atoms with E-state index in [0.717, 1.165) is 11.1 Å². The molecule has 2 aromatic carbocycles. The summed E-state index contributed by atoms with van der Waals surface area (Å²) in [5.74, 6) is -2.44. The van der Waals surface area contributed by atoms with Crippen molar-refractivity contribution < 1.29 is 31.5 Å². The Kier molecular flexibility index (Phi) is 7.96. The third kappa shape index (κ3) is 5.70. The first-order chi connectivity index (χ1) is 15.2. The summed E-state index contributed by atoms with van der Waals surface area (Å²) in [7, 11) is -0.586. The Hall–Kier alpha value is -2.37. The average Bonchev–Trinajstić information content (AvgIpc) is 2.77. The van der Waals surface area contributed by atoms with Crippen LogP contribution < -0.4 is 14.8 Å². The Labute approximate surface area is 190 Å². The molecule has 11 heteroatoms. The average molecular weight is 487 g/mol. The number of ether oxygens (including phenoxy) is 2. The molecule has 7 nitrogen and oxygen atoms in total. The molecule has 0 saturated heterocycles. The molecule has 32 heavy (non-hydrogen) atoms. The molecule has 0 fully saturated rings. The van der Waals surface area contributed by atoms with Gasteiger partial charge in [0.25, 0.3) is 11.7 Å². The van der Waals surface area contributed by atoms with Crippen molar-refractivity contribution in [2.45, 2.75) is 23.6 Å². The van der Waals surface area contributed by atoms with E-state index in [4.69, 9.17) is 9.47 Å². The van der Waals surface area contributed by atoms with Crippen LogP contribution in [0.3, 0.4) is 0 Å². The van der Waals surface area contributed by atoms with Gasteiger partial charge in [0.15, 0.2) is 11.5 Å². The number of hydrogen-bond acceptors (Lipinski definition) is 6. The van der Waals surface area contributed by atoms with Crippen LogP contribution in [0.15, 0.2) is 41.3 Å². The van der Waals surface area contributed by atoms with E-state index in [2.05, 4.69) is 5.32 Å². The lowest BCUT2D eigenvalue weighted by atomic mass is 10.0. The molecule has 1 aliphatic rings. The van der Waals surface area contributed by atoms with E-state index in [-0.39, 0.29) is 41.1 Å². The van der Waals surface area contributed by atoms with Crippen LogP contribution in [-0.2, 0) is 23.0 Å². The minimum absolute atomic E-state index is 0.0862. The van der Waals surface area contributed by atoms with Crippen LogP contribution >= 0.6 is 11.8 Å². The Morgan fingerprint density at radius 1 is 1.16 bits per heavy atom. The summed E-state index contributed by atoms with van der Waals surface area (Å²) < 4.78 is 63.0. The van der Waals surface area contributed by atoms with Gasteiger partial charge in [0.2, 0.25) is 10.0 Å². The highest BCUT2D eigenvalue weighted by Gasteiger charge is 2.28. The van der Waals surface area contributed by atoms with Gasteiger partial charge < -0.3 is 14.8 Å². The van der Waals surface area contributed by atoms with Gasteiger partial charge in [-0.15, -0.1) is 0 Å². The van der Waals surface area contributed by atoms with Crippen molar-refractivity contribution in [1.82, 2.24) is 9.62 Å². The third-order valence-corrected chi connectivity index (χ3v) is 7.68. The van der Waals surface area contributed by atoms with Gasteiger partial charge in [0, 0.05) is 24.5 Å². The first kappa shape index (κ1) is 24.3. The van der Waals surface area contributed by atoms with Gasteiger partial charge in [-0.3, -0.25) is 4.79 Å². The summed E-state index contributed by atoms with van der Waals surface area (Å²) >= 11 is 0.274. The van der Waals surface area contributed by atoms with Crippen LogP contribution in [-0.4, -0.2) is 57.4 Å². The molecule has 1 aliphatic heterocycles. The van der Waals surface area contributed by atoms with Crippen molar-refractivity contribution in [3.63, 3.8) is 0 Å². The van der Waals surface area contributed by atoms with E-state index in [1.165, 1.54) is 23.5 Å². The summed E-state index contributed by atoms with van der Waals surface area (Å²) in [5, 5.41) is 2.52. The monoisotopic (exact) mass is 486 g/mol. The van der Waals surface area contributed by atoms with E-state index in [0.29, 0.717) is 24.5 Å². The number of amides is 1. The minimum atomic E-state index is -3.65. The lowest BCUT2D eigenvalue weighted by molar-refractivity contribution is 0.0953. The molecular weight excluding hydrogens is 462 g/mol. The standard InChI is InChI=1S/C21H24F2N2O5S2/c1-29-17-11-14-7-9-25(13-15(14)12-18(17)30-2)32(27,28)10-8-24-20(26)16-5-3-4-6-19(16)31-21(22)23/h3-6,11-12,21H,7-10,13H2,1-2H3,(H,24,26). The normalized spacial score (nSPS) is 14.2. The van der Waals surface area contributed by atoms with Crippen molar-refractivity contribution >= 4 is 27.7 Å². The van der Waals surface area contributed by atoms with E-state index in [1.54, 1.807) is 25.3 Å². The van der Waals surface area contributed by atoms with Crippen LogP contribution in [0.2, 0.25) is 0 Å². The van der Waals surface area contributed by atoms with Gasteiger partial charge >= 0.3 is 0 Å². The van der Waals surface area contributed by atoms with E-state index < -0.39 is 21.7 Å². The maximum Gasteiger partial charge on any atom is 0.288 e. The first-order valence-corrected chi connectivity index (χ1v) is 12.3. The largest absolute Gasteiger partial charge is 0.493 e. The molecule has 0 bridgehead atoms. The molecule has 174 valence electrons. The molecule has 1 N–H and O–H groups in total. The van der Waals surface area contributed by atoms with Crippen molar-refractivity contribution in [2.75, 3.05) is 33.1 Å². The van der Waals surface area contributed by atoms with Gasteiger partial charge in [0.05, 0.1) is 25.5 Å². The molecule has 0 spiro atoms. The second-order valence-electron chi connectivity index (χ2n) is 7.01. The SMILES string of the molecule is COc1cc2c(cc1OC)CN(S(=O)(=O)CCNC(=O)c1ccccc1SC(F)F)CC2. The molecule has 2 aromatic rings. The lowest BCUT2D eigenvalue weighted by Gasteiger charge is -2.29. The number of hydrogen-bond donors (Lipinski definition) is 1. The number of sulfonamides is 1. The molecule has 1 heterocycles. The van der Waals surface area contributed by atoms with Gasteiger partial charge in [0.1, 0.15) is 0 Å². The minimum Gasteiger partial charge on any atom is -0.493 e. The topological polar surface area (TPSA) is 84.9 Å². The number of alkyl halides is 2. The van der Waals surface area contributed by atoms with Crippen LogP contribution in [0.1, 0.15) is 21.5 Å². The molecular formula is C21H24F2N2O5S2. The zero-order valence-electron chi connectivity index (χ0n) is 17.6. The summed E-state index contributed by atoms with van der Waals surface area (Å²) in [6, 6.07) is 9.61. The Bertz CT molecular complexity index is 1080. The molecule has 0 saturated carbocycles. The quantitative estimate of drug-likeness (QED) is 0.549. The fraction of sp³-hybridized carbons (Fsp3) is 0.381. The predicted octanol–water partition coefficient (Wildman–Crippen LogP) is 3.14. The predicted molar refractivity (Wildman–Crippen MR) is 118 cm³/mol. The fourth-order valence-electron chi connectivity index (χ4n) is 3.47. The van der Waals surface area contributed by atoms with Gasteiger partial charge in [-0.2, -0.15) is 13.1 Å². The Morgan fingerprint density at radius 3 is 2.47 bits per heavy atom. The summed E-state index contributed by atoms with van der Waals surface area (Å²) in [6.45, 7) is 0.372. The van der Waals surface area contributed by atoms with Crippen LogP contribution in [0.25, 0.3) is 0 Å². The zero-order valence-corrected chi connectivity index (χ0v) is 19.3. The smallest absolute Gasteiger partial charge is 0.288 e. The molecule has 0 atom stereocenters. The van der Waals surface area contributed by atoms with Crippen molar-refractivity contribution in [3.05, 3.63) is 53.1 Å². The number of nitrogens with one attached hydrogen (secondary N) is 1. The maximum absolute atomic E-state index is 12.8. The van der Waals surface area contributed by atoms with E-state index in [9.17, 15) is 22.0 Å². The maximum atomic E-state index is 12.8. The number of halogens is 2. The van der Waals surface area contributed by atoms with Crippen LogP contribution in [0.4, 0.5) is 8.78 Å². The van der Waals surface area contributed by atoms with Crippen LogP contribution in [0, 0.1) is 0 Å². The molecule has 0 aromatic heterocycles. The van der Waals surface area contributed by atoms with E-state index in [1.807, 2.05) is 6.07 Å². The Morgan fingerprint density at radius 2 is 1.81 bits per heavy atom. The Balaban J connectivity index is 1.63. The molecule has 3 rings (SSSR count). The van der Waals surface area contributed by atoms with Crippen molar-refractivity contribution in [3.8, 4) is 11.5 Å². The first-order valence-electron chi connectivity index (χ1n) is 9.78. The number of carbonyl (C=O) groups is 1. The summed E-state index contributed by atoms with van der Waals surface area (Å²) in [4.78, 5) is 12.5.